The highest BCUT2D eigenvalue weighted by Crippen LogP contribution is 2.18. The van der Waals surface area contributed by atoms with Gasteiger partial charge >= 0.3 is 0 Å². The Bertz CT molecular complexity index is 316. The molecule has 0 heterocycles. The zero-order chi connectivity index (χ0) is 9.80. The molecule has 14 heavy (non-hydrogen) atoms. The molecule has 1 aliphatic carbocycles. The minimum Gasteiger partial charge on any atom is -0.379 e. The third-order valence-corrected chi connectivity index (χ3v) is 2.70. The van der Waals surface area contributed by atoms with Gasteiger partial charge in [-0.15, -0.1) is 0 Å². The van der Waals surface area contributed by atoms with E-state index in [1.54, 1.807) is 0 Å². The molecule has 0 aliphatic heterocycles. The number of hydrogen-bond donors (Lipinski definition) is 1. The number of hydrogen-bond acceptors (Lipinski definition) is 1. The fourth-order valence-electron chi connectivity index (χ4n) is 1.69. The number of anilines is 1. The second kappa shape index (κ2) is 4.52. The molecular weight excluding hydrogens is 194 g/mol. The Morgan fingerprint density at radius 1 is 1.21 bits per heavy atom. The number of halogens is 1. The van der Waals surface area contributed by atoms with Crippen LogP contribution >= 0.6 is 11.6 Å². The van der Waals surface area contributed by atoms with Crippen molar-refractivity contribution in [3.05, 3.63) is 41.4 Å². The van der Waals surface area contributed by atoms with Crippen molar-refractivity contribution >= 4 is 17.3 Å². The van der Waals surface area contributed by atoms with E-state index in [4.69, 9.17) is 11.6 Å². The molecule has 2 rings (SSSR count). The second-order valence-corrected chi connectivity index (χ2v) is 4.05. The Kier molecular flexibility index (Phi) is 3.10. The van der Waals surface area contributed by atoms with Crippen LogP contribution in [0.5, 0.6) is 0 Å². The monoisotopic (exact) mass is 207 g/mol. The first kappa shape index (κ1) is 9.60. The molecule has 1 aromatic rings. The molecule has 0 spiro atoms. The van der Waals surface area contributed by atoms with Crippen molar-refractivity contribution in [2.24, 2.45) is 0 Å². The van der Waals surface area contributed by atoms with Crippen LogP contribution in [0.2, 0.25) is 5.02 Å². The highest BCUT2D eigenvalue weighted by molar-refractivity contribution is 6.30. The third-order valence-electron chi connectivity index (χ3n) is 2.45. The maximum absolute atomic E-state index is 5.81. The van der Waals surface area contributed by atoms with E-state index >= 15 is 0 Å². The van der Waals surface area contributed by atoms with Crippen molar-refractivity contribution in [1.29, 1.82) is 0 Å². The normalized spacial score (nSPS) is 20.8. The molecule has 74 valence electrons. The zero-order valence-electron chi connectivity index (χ0n) is 8.04. The maximum atomic E-state index is 5.81. The van der Waals surface area contributed by atoms with Gasteiger partial charge < -0.3 is 5.32 Å². The van der Waals surface area contributed by atoms with Crippen LogP contribution in [0.3, 0.4) is 0 Å². The van der Waals surface area contributed by atoms with E-state index in [-0.39, 0.29) is 0 Å². The number of allylic oxidation sites excluding steroid dienone is 1. The fourth-order valence-corrected chi connectivity index (χ4v) is 1.82. The van der Waals surface area contributed by atoms with Gasteiger partial charge in [0.05, 0.1) is 0 Å². The summed E-state index contributed by atoms with van der Waals surface area (Å²) in [5.41, 5.74) is 1.14. The van der Waals surface area contributed by atoms with Crippen LogP contribution in [0.1, 0.15) is 19.3 Å². The highest BCUT2D eigenvalue weighted by Gasteiger charge is 2.07. The van der Waals surface area contributed by atoms with Gasteiger partial charge in [-0.3, -0.25) is 0 Å². The first-order chi connectivity index (χ1) is 6.84. The molecule has 1 unspecified atom stereocenters. The molecule has 0 bridgehead atoms. The molecule has 1 atom stereocenters. The van der Waals surface area contributed by atoms with E-state index in [9.17, 15) is 0 Å². The Labute approximate surface area is 89.8 Å². The summed E-state index contributed by atoms with van der Waals surface area (Å²) in [5.74, 6) is 0. The Hall–Kier alpha value is -0.950. The van der Waals surface area contributed by atoms with Crippen molar-refractivity contribution in [2.75, 3.05) is 5.32 Å². The molecule has 0 radical (unpaired) electrons. The second-order valence-electron chi connectivity index (χ2n) is 3.62. The van der Waals surface area contributed by atoms with Crippen LogP contribution in [0, 0.1) is 0 Å². The molecule has 1 nitrogen and oxygen atoms in total. The van der Waals surface area contributed by atoms with E-state index in [2.05, 4.69) is 17.5 Å². The predicted octanol–water partition coefficient (Wildman–Crippen LogP) is 3.86. The van der Waals surface area contributed by atoms with Crippen LogP contribution in [-0.4, -0.2) is 6.04 Å². The van der Waals surface area contributed by atoms with Gasteiger partial charge in [-0.1, -0.05) is 23.8 Å². The van der Waals surface area contributed by atoms with Crippen molar-refractivity contribution in [3.8, 4) is 0 Å². The lowest BCUT2D eigenvalue weighted by molar-refractivity contribution is 0.674. The minimum absolute atomic E-state index is 0.491. The fraction of sp³-hybridized carbons (Fsp3) is 0.333. The minimum atomic E-state index is 0.491. The van der Waals surface area contributed by atoms with Gasteiger partial charge in [0.1, 0.15) is 0 Å². The van der Waals surface area contributed by atoms with Gasteiger partial charge in [0.25, 0.3) is 0 Å². The number of benzene rings is 1. The average molecular weight is 208 g/mol. The first-order valence-corrected chi connectivity index (χ1v) is 5.41. The molecule has 0 saturated carbocycles. The van der Waals surface area contributed by atoms with Crippen LogP contribution < -0.4 is 5.32 Å². The zero-order valence-corrected chi connectivity index (χ0v) is 8.80. The van der Waals surface area contributed by atoms with Crippen molar-refractivity contribution in [2.45, 2.75) is 25.3 Å². The number of rotatable bonds is 2. The molecule has 0 aromatic heterocycles. The van der Waals surface area contributed by atoms with Gasteiger partial charge in [-0.05, 0) is 43.5 Å². The van der Waals surface area contributed by atoms with Crippen molar-refractivity contribution < 1.29 is 0 Å². The molecule has 1 aliphatic rings. The summed E-state index contributed by atoms with van der Waals surface area (Å²) in [4.78, 5) is 0. The van der Waals surface area contributed by atoms with E-state index in [0.29, 0.717) is 6.04 Å². The van der Waals surface area contributed by atoms with Crippen LogP contribution in [0.25, 0.3) is 0 Å². The van der Waals surface area contributed by atoms with Gasteiger partial charge in [-0.2, -0.15) is 0 Å². The van der Waals surface area contributed by atoms with Gasteiger partial charge in [0.2, 0.25) is 0 Å². The van der Waals surface area contributed by atoms with Crippen molar-refractivity contribution in [3.63, 3.8) is 0 Å². The molecule has 0 fully saturated rings. The summed E-state index contributed by atoms with van der Waals surface area (Å²) in [7, 11) is 0. The molecule has 1 aromatic carbocycles. The lowest BCUT2D eigenvalue weighted by Gasteiger charge is -2.19. The van der Waals surface area contributed by atoms with E-state index in [0.717, 1.165) is 10.7 Å². The summed E-state index contributed by atoms with van der Waals surface area (Å²) >= 11 is 5.81. The smallest absolute Gasteiger partial charge is 0.0444 e. The van der Waals surface area contributed by atoms with Crippen LogP contribution in [-0.2, 0) is 0 Å². The Balaban J connectivity index is 1.99. The Morgan fingerprint density at radius 3 is 2.64 bits per heavy atom. The Morgan fingerprint density at radius 2 is 2.00 bits per heavy atom. The summed E-state index contributed by atoms with van der Waals surface area (Å²) in [6.07, 6.45) is 8.22. The third kappa shape index (κ3) is 2.52. The molecule has 0 saturated heterocycles. The highest BCUT2D eigenvalue weighted by atomic mass is 35.5. The first-order valence-electron chi connectivity index (χ1n) is 5.03. The van der Waals surface area contributed by atoms with Gasteiger partial charge in [0, 0.05) is 16.8 Å². The summed E-state index contributed by atoms with van der Waals surface area (Å²) < 4.78 is 0. The van der Waals surface area contributed by atoms with Crippen LogP contribution in [0.15, 0.2) is 36.4 Å². The lowest BCUT2D eigenvalue weighted by Crippen LogP contribution is -2.18. The lowest BCUT2D eigenvalue weighted by atomic mass is 10.0. The average Bonchev–Trinajstić information content (AvgIpc) is 2.23. The number of nitrogens with one attached hydrogen (secondary N) is 1. The summed E-state index contributed by atoms with van der Waals surface area (Å²) in [6.45, 7) is 0. The van der Waals surface area contributed by atoms with Crippen LogP contribution in [0.4, 0.5) is 5.69 Å². The van der Waals surface area contributed by atoms with Gasteiger partial charge in [0.15, 0.2) is 0 Å². The molecule has 1 N–H and O–H groups in total. The van der Waals surface area contributed by atoms with E-state index < -0.39 is 0 Å². The summed E-state index contributed by atoms with van der Waals surface area (Å²) in [6, 6.07) is 8.35. The predicted molar refractivity (Wildman–Crippen MR) is 61.9 cm³/mol. The molecule has 0 amide bonds. The maximum Gasteiger partial charge on any atom is 0.0444 e. The topological polar surface area (TPSA) is 12.0 Å². The largest absolute Gasteiger partial charge is 0.379 e. The van der Waals surface area contributed by atoms with Crippen molar-refractivity contribution in [1.82, 2.24) is 0 Å². The van der Waals surface area contributed by atoms with E-state index in [1.165, 1.54) is 19.3 Å². The molecular formula is C12H14ClN. The van der Waals surface area contributed by atoms with E-state index in [1.807, 2.05) is 24.3 Å². The molecule has 2 heteroatoms. The van der Waals surface area contributed by atoms with Gasteiger partial charge in [-0.25, -0.2) is 0 Å². The SMILES string of the molecule is Clc1ccc(NC2C=CCCC2)cc1. The summed E-state index contributed by atoms with van der Waals surface area (Å²) in [5, 5.41) is 4.25. The standard InChI is InChI=1S/C12H14ClN/c13-10-6-8-12(9-7-10)14-11-4-2-1-3-5-11/h2,4,6-9,11,14H,1,3,5H2. The quantitative estimate of drug-likeness (QED) is 0.727.